The maximum Gasteiger partial charge on any atom is 0.222 e. The molecule has 2 rings (SSSR count). The van der Waals surface area contributed by atoms with Crippen molar-refractivity contribution in [3.63, 3.8) is 0 Å². The van der Waals surface area contributed by atoms with Crippen LogP contribution in [0.4, 0.5) is 4.39 Å². The summed E-state index contributed by atoms with van der Waals surface area (Å²) in [5.41, 5.74) is 0.845. The van der Waals surface area contributed by atoms with E-state index >= 15 is 0 Å². The monoisotopic (exact) mass is 208 g/mol. The quantitative estimate of drug-likeness (QED) is 0.674. The van der Waals surface area contributed by atoms with Crippen LogP contribution in [0.5, 0.6) is 0 Å². The second-order valence-corrected chi connectivity index (χ2v) is 3.07. The average Bonchev–Trinajstić information content (AvgIpc) is 2.18. The van der Waals surface area contributed by atoms with E-state index in [1.54, 1.807) is 30.3 Å². The van der Waals surface area contributed by atoms with Crippen molar-refractivity contribution >= 4 is 11.6 Å². The van der Waals surface area contributed by atoms with E-state index in [0.717, 1.165) is 0 Å². The first-order chi connectivity index (χ1) is 6.77. The fraction of sp³-hybridized carbons (Fsp3) is 0. The van der Waals surface area contributed by atoms with Gasteiger partial charge in [-0.1, -0.05) is 17.7 Å². The molecule has 0 atom stereocenters. The molecule has 0 amide bonds. The second kappa shape index (κ2) is 3.72. The van der Waals surface area contributed by atoms with E-state index in [2.05, 4.69) is 9.97 Å². The number of hydrogen-bond acceptors (Lipinski definition) is 2. The van der Waals surface area contributed by atoms with Crippen molar-refractivity contribution in [2.45, 2.75) is 0 Å². The SMILES string of the molecule is Fc1ncccc1-c1cccc(Cl)n1. The van der Waals surface area contributed by atoms with E-state index in [1.807, 2.05) is 0 Å². The lowest BCUT2D eigenvalue weighted by atomic mass is 10.2. The van der Waals surface area contributed by atoms with Gasteiger partial charge in [0, 0.05) is 6.20 Å². The van der Waals surface area contributed by atoms with E-state index < -0.39 is 5.95 Å². The van der Waals surface area contributed by atoms with Crippen LogP contribution >= 0.6 is 11.6 Å². The molecule has 0 saturated carbocycles. The number of hydrogen-bond donors (Lipinski definition) is 0. The predicted octanol–water partition coefficient (Wildman–Crippen LogP) is 2.94. The van der Waals surface area contributed by atoms with Gasteiger partial charge in [0.15, 0.2) is 0 Å². The zero-order valence-electron chi connectivity index (χ0n) is 7.11. The van der Waals surface area contributed by atoms with Crippen LogP contribution in [0.3, 0.4) is 0 Å². The normalized spacial score (nSPS) is 10.1. The van der Waals surface area contributed by atoms with Crippen LogP contribution < -0.4 is 0 Å². The largest absolute Gasteiger partial charge is 0.236 e. The third-order valence-corrected chi connectivity index (χ3v) is 1.96. The summed E-state index contributed by atoms with van der Waals surface area (Å²) in [6.07, 6.45) is 1.39. The molecule has 14 heavy (non-hydrogen) atoms. The number of pyridine rings is 2. The summed E-state index contributed by atoms with van der Waals surface area (Å²) in [6, 6.07) is 8.31. The molecule has 0 fully saturated rings. The Morgan fingerprint density at radius 1 is 1.14 bits per heavy atom. The van der Waals surface area contributed by atoms with E-state index in [1.165, 1.54) is 6.20 Å². The van der Waals surface area contributed by atoms with Gasteiger partial charge < -0.3 is 0 Å². The van der Waals surface area contributed by atoms with Crippen LogP contribution in [-0.2, 0) is 0 Å². The maximum atomic E-state index is 13.2. The first-order valence-electron chi connectivity index (χ1n) is 4.01. The van der Waals surface area contributed by atoms with Gasteiger partial charge in [0.25, 0.3) is 0 Å². The van der Waals surface area contributed by atoms with Gasteiger partial charge >= 0.3 is 0 Å². The third kappa shape index (κ3) is 1.72. The minimum atomic E-state index is -0.540. The smallest absolute Gasteiger partial charge is 0.222 e. The van der Waals surface area contributed by atoms with Gasteiger partial charge in [0.2, 0.25) is 5.95 Å². The molecule has 0 aliphatic rings. The summed E-state index contributed by atoms with van der Waals surface area (Å²) in [4.78, 5) is 7.53. The maximum absolute atomic E-state index is 13.2. The molecule has 70 valence electrons. The van der Waals surface area contributed by atoms with Crippen molar-refractivity contribution in [1.82, 2.24) is 9.97 Å². The van der Waals surface area contributed by atoms with Gasteiger partial charge in [-0.05, 0) is 24.3 Å². The molecule has 0 unspecified atom stereocenters. The Bertz CT molecular complexity index is 459. The summed E-state index contributed by atoms with van der Waals surface area (Å²) in [7, 11) is 0. The lowest BCUT2D eigenvalue weighted by molar-refractivity contribution is 0.587. The Kier molecular flexibility index (Phi) is 2.41. The van der Waals surface area contributed by atoms with Gasteiger partial charge in [-0.2, -0.15) is 4.39 Å². The van der Waals surface area contributed by atoms with Crippen molar-refractivity contribution in [2.24, 2.45) is 0 Å². The van der Waals surface area contributed by atoms with Crippen LogP contribution in [0.15, 0.2) is 36.5 Å². The van der Waals surface area contributed by atoms with Crippen LogP contribution in [0, 0.1) is 5.95 Å². The van der Waals surface area contributed by atoms with Crippen molar-refractivity contribution in [3.8, 4) is 11.3 Å². The molecule has 0 spiro atoms. The van der Waals surface area contributed by atoms with E-state index in [-0.39, 0.29) is 0 Å². The first-order valence-corrected chi connectivity index (χ1v) is 4.38. The fourth-order valence-electron chi connectivity index (χ4n) is 1.14. The van der Waals surface area contributed by atoms with Crippen LogP contribution in [0.1, 0.15) is 0 Å². The molecular weight excluding hydrogens is 203 g/mol. The van der Waals surface area contributed by atoms with Gasteiger partial charge in [-0.3, -0.25) is 0 Å². The Balaban J connectivity index is 2.55. The molecule has 4 heteroatoms. The van der Waals surface area contributed by atoms with Gasteiger partial charge in [0.05, 0.1) is 11.3 Å². The molecular formula is C10H6ClFN2. The Morgan fingerprint density at radius 2 is 2.00 bits per heavy atom. The van der Waals surface area contributed by atoms with Crippen molar-refractivity contribution in [2.75, 3.05) is 0 Å². The number of halogens is 2. The molecule has 2 nitrogen and oxygen atoms in total. The highest BCUT2D eigenvalue weighted by atomic mass is 35.5. The van der Waals surface area contributed by atoms with Crippen LogP contribution in [0.2, 0.25) is 5.15 Å². The molecule has 0 aliphatic heterocycles. The standard InChI is InChI=1S/C10H6ClFN2/c11-9-5-1-4-8(14-9)7-3-2-6-13-10(7)12/h1-6H. The number of rotatable bonds is 1. The zero-order chi connectivity index (χ0) is 9.97. The van der Waals surface area contributed by atoms with Gasteiger partial charge in [-0.15, -0.1) is 0 Å². The molecule has 0 bridgehead atoms. The third-order valence-electron chi connectivity index (χ3n) is 1.75. The Morgan fingerprint density at radius 3 is 2.71 bits per heavy atom. The minimum absolute atomic E-state index is 0.339. The van der Waals surface area contributed by atoms with Crippen LogP contribution in [0.25, 0.3) is 11.3 Å². The molecule has 2 aromatic heterocycles. The lowest BCUT2D eigenvalue weighted by Gasteiger charge is -2.00. The molecule has 0 aromatic carbocycles. The van der Waals surface area contributed by atoms with E-state index in [0.29, 0.717) is 16.4 Å². The highest BCUT2D eigenvalue weighted by Gasteiger charge is 2.06. The van der Waals surface area contributed by atoms with Crippen molar-refractivity contribution in [3.05, 3.63) is 47.6 Å². The van der Waals surface area contributed by atoms with Crippen LogP contribution in [-0.4, -0.2) is 9.97 Å². The summed E-state index contributed by atoms with van der Waals surface area (Å²) in [5, 5.41) is 0.339. The van der Waals surface area contributed by atoms with Crippen molar-refractivity contribution in [1.29, 1.82) is 0 Å². The van der Waals surface area contributed by atoms with Gasteiger partial charge in [0.1, 0.15) is 5.15 Å². The predicted molar refractivity (Wildman–Crippen MR) is 52.4 cm³/mol. The molecule has 0 saturated heterocycles. The molecule has 2 aromatic rings. The summed E-state index contributed by atoms with van der Waals surface area (Å²) < 4.78 is 13.2. The second-order valence-electron chi connectivity index (χ2n) is 2.69. The minimum Gasteiger partial charge on any atom is -0.236 e. The number of aromatic nitrogens is 2. The fourth-order valence-corrected chi connectivity index (χ4v) is 1.30. The molecule has 0 N–H and O–H groups in total. The first kappa shape index (κ1) is 9.09. The molecule has 0 aliphatic carbocycles. The average molecular weight is 209 g/mol. The van der Waals surface area contributed by atoms with E-state index in [4.69, 9.17) is 11.6 Å². The van der Waals surface area contributed by atoms with E-state index in [9.17, 15) is 4.39 Å². The zero-order valence-corrected chi connectivity index (χ0v) is 7.87. The highest BCUT2D eigenvalue weighted by Crippen LogP contribution is 2.20. The lowest BCUT2D eigenvalue weighted by Crippen LogP contribution is -1.90. The topological polar surface area (TPSA) is 25.8 Å². The summed E-state index contributed by atoms with van der Waals surface area (Å²) in [5.74, 6) is -0.540. The molecule has 2 heterocycles. The number of nitrogens with zero attached hydrogens (tertiary/aromatic N) is 2. The summed E-state index contributed by atoms with van der Waals surface area (Å²) >= 11 is 5.69. The summed E-state index contributed by atoms with van der Waals surface area (Å²) in [6.45, 7) is 0. The van der Waals surface area contributed by atoms with Gasteiger partial charge in [-0.25, -0.2) is 9.97 Å². The highest BCUT2D eigenvalue weighted by molar-refractivity contribution is 6.29. The Labute approximate surface area is 85.4 Å². The van der Waals surface area contributed by atoms with Crippen molar-refractivity contribution < 1.29 is 4.39 Å². The molecule has 0 radical (unpaired) electrons. The Hall–Kier alpha value is -1.48.